The predicted octanol–water partition coefficient (Wildman–Crippen LogP) is 3.86. The second-order valence-corrected chi connectivity index (χ2v) is 10.2. The Morgan fingerprint density at radius 2 is 1.86 bits per heavy atom. The zero-order valence-corrected chi connectivity index (χ0v) is 24.0. The van der Waals surface area contributed by atoms with Crippen molar-refractivity contribution in [1.82, 2.24) is 30.9 Å². The topological polar surface area (TPSA) is 158 Å². The summed E-state index contributed by atoms with van der Waals surface area (Å²) in [6.07, 6.45) is 5.04. The summed E-state index contributed by atoms with van der Waals surface area (Å²) >= 11 is 0. The molecule has 1 saturated heterocycles. The molecule has 5 amide bonds. The summed E-state index contributed by atoms with van der Waals surface area (Å²) in [6, 6.07) is 15.3. The molecule has 0 saturated carbocycles. The minimum absolute atomic E-state index is 0.00213. The van der Waals surface area contributed by atoms with Gasteiger partial charge in [-0.1, -0.05) is 31.0 Å². The number of rotatable bonds is 12. The molecular formula is C31H33N7O5. The van der Waals surface area contributed by atoms with Gasteiger partial charge in [0.2, 0.25) is 17.7 Å². The van der Waals surface area contributed by atoms with Crippen LogP contribution in [0.3, 0.4) is 0 Å². The van der Waals surface area contributed by atoms with Crippen molar-refractivity contribution in [3.05, 3.63) is 72.2 Å². The first kappa shape index (κ1) is 29.2. The van der Waals surface area contributed by atoms with E-state index in [0.29, 0.717) is 41.5 Å². The van der Waals surface area contributed by atoms with Crippen LogP contribution < -0.4 is 25.6 Å². The summed E-state index contributed by atoms with van der Waals surface area (Å²) in [4.78, 5) is 62.4. The number of para-hydroxylation sites is 1. The lowest BCUT2D eigenvalue weighted by Gasteiger charge is -2.18. The van der Waals surface area contributed by atoms with Crippen LogP contribution in [-0.2, 0) is 9.59 Å². The molecule has 1 aliphatic rings. The molecule has 3 heterocycles. The van der Waals surface area contributed by atoms with Crippen LogP contribution in [0.2, 0.25) is 0 Å². The molecule has 4 aromatic rings. The molecule has 0 radical (unpaired) electrons. The Labute approximate surface area is 248 Å². The number of ether oxygens (including phenoxy) is 1. The molecule has 1 fully saturated rings. The number of nitrogens with zero attached hydrogens (tertiary/aromatic N) is 3. The lowest BCUT2D eigenvalue weighted by Crippen LogP contribution is -2.30. The van der Waals surface area contributed by atoms with Crippen LogP contribution in [0.5, 0.6) is 5.88 Å². The number of carbonyl (C=O) groups excluding carboxylic acids is 4. The van der Waals surface area contributed by atoms with Gasteiger partial charge in [0.05, 0.1) is 36.1 Å². The summed E-state index contributed by atoms with van der Waals surface area (Å²) in [5, 5.41) is 8.91. The third-order valence-corrected chi connectivity index (χ3v) is 7.31. The van der Waals surface area contributed by atoms with Gasteiger partial charge in [-0.15, -0.1) is 0 Å². The summed E-state index contributed by atoms with van der Waals surface area (Å²) in [7, 11) is 3.19. The maximum absolute atomic E-state index is 13.3. The number of methoxy groups -OCH3 is 1. The number of H-pyrrole nitrogens is 1. The molecule has 1 aliphatic heterocycles. The van der Waals surface area contributed by atoms with Crippen molar-refractivity contribution >= 4 is 40.3 Å². The zero-order chi connectivity index (χ0) is 30.3. The number of nitrogens with one attached hydrogen (secondary N) is 4. The van der Waals surface area contributed by atoms with Crippen molar-refractivity contribution in [2.75, 3.05) is 25.6 Å². The molecule has 0 aliphatic carbocycles. The van der Waals surface area contributed by atoms with E-state index in [1.165, 1.54) is 4.90 Å². The Morgan fingerprint density at radius 1 is 1.07 bits per heavy atom. The monoisotopic (exact) mass is 583 g/mol. The second kappa shape index (κ2) is 13.1. The quantitative estimate of drug-likeness (QED) is 0.146. The predicted molar refractivity (Wildman–Crippen MR) is 161 cm³/mol. The Balaban J connectivity index is 1.35. The average molecular weight is 584 g/mol. The zero-order valence-electron chi connectivity index (χ0n) is 24.0. The normalized spacial score (nSPS) is 13.6. The molecule has 43 heavy (non-hydrogen) atoms. The lowest BCUT2D eigenvalue weighted by molar-refractivity contribution is -0.120. The fraction of sp³-hybridized carbons (Fsp3) is 0.290. The number of fused-ring (bicyclic) bond motifs is 1. The van der Waals surface area contributed by atoms with E-state index in [-0.39, 0.29) is 24.3 Å². The molecular weight excluding hydrogens is 550 g/mol. The van der Waals surface area contributed by atoms with E-state index < -0.39 is 12.1 Å². The van der Waals surface area contributed by atoms with Gasteiger partial charge in [-0.05, 0) is 49.2 Å². The van der Waals surface area contributed by atoms with E-state index in [1.54, 1.807) is 44.6 Å². The number of aromatic amines is 1. The minimum atomic E-state index is -0.495. The molecule has 12 nitrogen and oxygen atoms in total. The first-order chi connectivity index (χ1) is 20.9. The van der Waals surface area contributed by atoms with Crippen molar-refractivity contribution < 1.29 is 23.9 Å². The van der Waals surface area contributed by atoms with Gasteiger partial charge in [-0.3, -0.25) is 24.6 Å². The van der Waals surface area contributed by atoms with Gasteiger partial charge in [0.15, 0.2) is 0 Å². The van der Waals surface area contributed by atoms with Crippen LogP contribution >= 0.6 is 0 Å². The summed E-state index contributed by atoms with van der Waals surface area (Å²) in [5.41, 5.74) is 3.17. The second-order valence-electron chi connectivity index (χ2n) is 10.2. The fourth-order valence-electron chi connectivity index (χ4n) is 5.00. The van der Waals surface area contributed by atoms with Gasteiger partial charge in [0, 0.05) is 30.1 Å². The van der Waals surface area contributed by atoms with Crippen LogP contribution in [0.1, 0.15) is 54.3 Å². The molecule has 5 rings (SSSR count). The number of pyridine rings is 1. The van der Waals surface area contributed by atoms with Crippen LogP contribution in [-0.4, -0.2) is 59.4 Å². The number of unbranched alkanes of at least 4 members (excludes halogenated alkanes) is 2. The third kappa shape index (κ3) is 6.80. The number of imidazole rings is 1. The number of amides is 5. The Kier molecular flexibility index (Phi) is 8.94. The molecule has 2 aromatic carbocycles. The van der Waals surface area contributed by atoms with Crippen LogP contribution in [0.15, 0.2) is 60.8 Å². The number of urea groups is 1. The lowest BCUT2D eigenvalue weighted by atomic mass is 10.1. The Hall–Kier alpha value is -5.26. The SMILES string of the molecule is CNC(=O)CCCCC[C@H](NC(=O)c1ccc(N2CC(=O)NC2=O)cc1)c1ncc(-c2cc3ccccc3nc2OC)[nH]1. The van der Waals surface area contributed by atoms with E-state index in [1.807, 2.05) is 30.3 Å². The van der Waals surface area contributed by atoms with E-state index in [2.05, 4.69) is 30.9 Å². The first-order valence-electron chi connectivity index (χ1n) is 14.1. The number of benzene rings is 2. The van der Waals surface area contributed by atoms with Gasteiger partial charge in [0.1, 0.15) is 12.4 Å². The maximum atomic E-state index is 13.3. The molecule has 4 N–H and O–H groups in total. The summed E-state index contributed by atoms with van der Waals surface area (Å²) < 4.78 is 5.57. The van der Waals surface area contributed by atoms with Crippen LogP contribution in [0, 0.1) is 0 Å². The van der Waals surface area contributed by atoms with Crippen LogP contribution in [0.25, 0.3) is 22.2 Å². The highest BCUT2D eigenvalue weighted by Gasteiger charge is 2.28. The highest BCUT2D eigenvalue weighted by molar-refractivity contribution is 6.12. The number of anilines is 1. The van der Waals surface area contributed by atoms with Gasteiger partial charge < -0.3 is 20.4 Å². The van der Waals surface area contributed by atoms with E-state index in [9.17, 15) is 19.2 Å². The number of carbonyl (C=O) groups is 4. The Morgan fingerprint density at radius 3 is 2.58 bits per heavy atom. The van der Waals surface area contributed by atoms with Crippen molar-refractivity contribution in [3.63, 3.8) is 0 Å². The fourth-order valence-corrected chi connectivity index (χ4v) is 5.00. The molecule has 0 unspecified atom stereocenters. The van der Waals surface area contributed by atoms with E-state index in [4.69, 9.17) is 4.74 Å². The molecule has 0 bridgehead atoms. The maximum Gasteiger partial charge on any atom is 0.329 e. The largest absolute Gasteiger partial charge is 0.480 e. The number of hydrogen-bond donors (Lipinski definition) is 4. The van der Waals surface area contributed by atoms with E-state index in [0.717, 1.165) is 35.7 Å². The number of aromatic nitrogens is 3. The number of imide groups is 1. The standard InChI is InChI=1S/C31H33N7O5/c1-32-26(39)11-5-3-4-10-24(35-29(41)19-12-14-21(15-13-19)38-18-27(40)37-31(38)42)28-33-17-25(34-28)22-16-20-8-6-7-9-23(20)36-30(22)43-2/h6-9,12-17,24H,3-5,10-11,18H2,1-2H3,(H,32,39)(H,33,34)(H,35,41)(H,37,40,42)/t24-/m0/s1. The molecule has 12 heteroatoms. The Bertz CT molecular complexity index is 1650. The van der Waals surface area contributed by atoms with Crippen molar-refractivity contribution in [1.29, 1.82) is 0 Å². The highest BCUT2D eigenvalue weighted by Crippen LogP contribution is 2.32. The molecule has 1 atom stereocenters. The van der Waals surface area contributed by atoms with Gasteiger partial charge >= 0.3 is 6.03 Å². The molecule has 2 aromatic heterocycles. The summed E-state index contributed by atoms with van der Waals surface area (Å²) in [6.45, 7) is -0.0648. The smallest absolute Gasteiger partial charge is 0.329 e. The minimum Gasteiger partial charge on any atom is -0.480 e. The number of hydrogen-bond acceptors (Lipinski definition) is 7. The van der Waals surface area contributed by atoms with Crippen molar-refractivity contribution in [2.45, 2.75) is 38.1 Å². The summed E-state index contributed by atoms with van der Waals surface area (Å²) in [5.74, 6) is 0.343. The van der Waals surface area contributed by atoms with Gasteiger partial charge in [-0.2, -0.15) is 0 Å². The first-order valence-corrected chi connectivity index (χ1v) is 14.1. The molecule has 0 spiro atoms. The van der Waals surface area contributed by atoms with Gasteiger partial charge in [-0.25, -0.2) is 14.8 Å². The van der Waals surface area contributed by atoms with Crippen molar-refractivity contribution in [3.8, 4) is 17.1 Å². The van der Waals surface area contributed by atoms with Gasteiger partial charge in [0.25, 0.3) is 5.91 Å². The highest BCUT2D eigenvalue weighted by atomic mass is 16.5. The molecule has 222 valence electrons. The third-order valence-electron chi connectivity index (χ3n) is 7.31. The van der Waals surface area contributed by atoms with E-state index >= 15 is 0 Å². The van der Waals surface area contributed by atoms with Crippen LogP contribution in [0.4, 0.5) is 10.5 Å². The average Bonchev–Trinajstić information content (AvgIpc) is 3.65. The van der Waals surface area contributed by atoms with Crippen molar-refractivity contribution in [2.24, 2.45) is 0 Å².